The summed E-state index contributed by atoms with van der Waals surface area (Å²) in [5.74, 6) is 0.230. The molecule has 2 aliphatic heterocycles. The molecule has 0 amide bonds. The summed E-state index contributed by atoms with van der Waals surface area (Å²) in [5.41, 5.74) is 1.34. The van der Waals surface area contributed by atoms with Gasteiger partial charge in [-0.1, -0.05) is 24.3 Å². The second-order valence-electron chi connectivity index (χ2n) is 9.10. The molecule has 3 aromatic carbocycles. The first-order valence-electron chi connectivity index (χ1n) is 11.6. The minimum atomic E-state index is -1.03. The maximum atomic E-state index is 11.4. The molecule has 8 nitrogen and oxygen atoms in total. The van der Waals surface area contributed by atoms with Gasteiger partial charge in [0.25, 0.3) is 0 Å². The van der Waals surface area contributed by atoms with Crippen LogP contribution >= 0.6 is 0 Å². The van der Waals surface area contributed by atoms with Gasteiger partial charge in [0.15, 0.2) is 0 Å². The average Bonchev–Trinajstić information content (AvgIpc) is 3.50. The molecule has 1 aromatic heterocycles. The van der Waals surface area contributed by atoms with E-state index in [0.29, 0.717) is 50.9 Å². The smallest absolute Gasteiger partial charge is 0.205 e. The lowest BCUT2D eigenvalue weighted by molar-refractivity contribution is -0.0455. The van der Waals surface area contributed by atoms with Gasteiger partial charge in [0.1, 0.15) is 17.5 Å². The highest BCUT2D eigenvalue weighted by atomic mass is 16.5. The van der Waals surface area contributed by atoms with Crippen LogP contribution in [-0.2, 0) is 10.3 Å². The summed E-state index contributed by atoms with van der Waals surface area (Å²) in [4.78, 5) is 0. The zero-order valence-corrected chi connectivity index (χ0v) is 19.0. The molecule has 2 aliphatic rings. The summed E-state index contributed by atoms with van der Waals surface area (Å²) >= 11 is 0. The Hall–Kier alpha value is -4.50. The highest BCUT2D eigenvalue weighted by Gasteiger charge is 2.59. The van der Waals surface area contributed by atoms with Gasteiger partial charge in [0.2, 0.25) is 11.8 Å². The van der Waals surface area contributed by atoms with Crippen LogP contribution < -0.4 is 4.74 Å². The van der Waals surface area contributed by atoms with Gasteiger partial charge >= 0.3 is 0 Å². The highest BCUT2D eigenvalue weighted by Crippen LogP contribution is 2.63. The Balaban J connectivity index is 1.39. The number of hydrogen-bond acceptors (Lipinski definition) is 7. The largest absolute Gasteiger partial charge is 0.494 e. The van der Waals surface area contributed by atoms with E-state index in [0.717, 1.165) is 0 Å². The van der Waals surface area contributed by atoms with Crippen molar-refractivity contribution in [1.82, 2.24) is 4.57 Å². The maximum absolute atomic E-state index is 11.4. The molecule has 8 heteroatoms. The van der Waals surface area contributed by atoms with Crippen molar-refractivity contribution in [2.45, 2.75) is 30.7 Å². The molecule has 1 unspecified atom stereocenters. The van der Waals surface area contributed by atoms with Gasteiger partial charge in [-0.15, -0.1) is 0 Å². The predicted molar refractivity (Wildman–Crippen MR) is 129 cm³/mol. The van der Waals surface area contributed by atoms with Crippen molar-refractivity contribution in [2.24, 2.45) is 0 Å². The second kappa shape index (κ2) is 8.03. The van der Waals surface area contributed by atoms with Crippen LogP contribution in [0, 0.1) is 22.7 Å². The monoisotopic (exact) mass is 479 g/mol. The summed E-state index contributed by atoms with van der Waals surface area (Å²) < 4.78 is 13.4. The number of nitriles is 2. The lowest BCUT2D eigenvalue weighted by Crippen LogP contribution is -2.28. The Labute approximate surface area is 206 Å². The van der Waals surface area contributed by atoms with Gasteiger partial charge in [-0.3, -0.25) is 4.57 Å². The zero-order valence-electron chi connectivity index (χ0n) is 19.0. The lowest BCUT2D eigenvalue weighted by atomic mass is 9.81. The number of fused-ring (bicyclic) bond motifs is 6. The van der Waals surface area contributed by atoms with E-state index in [2.05, 4.69) is 12.1 Å². The molecule has 3 atom stereocenters. The SMILES string of the molecule is N#Cc1ccc(OCC[C@@]23CC(O)[C@@H](O2)c2c3c(O)n(-c3ccc(C#N)c4ccccc34)c2O)cc1. The molecule has 3 heterocycles. The predicted octanol–water partition coefficient (Wildman–Crippen LogP) is 4.29. The van der Waals surface area contributed by atoms with Crippen molar-refractivity contribution in [3.8, 4) is 35.3 Å². The summed E-state index contributed by atoms with van der Waals surface area (Å²) in [7, 11) is 0. The van der Waals surface area contributed by atoms with Gasteiger partial charge in [0, 0.05) is 23.6 Å². The molecule has 1 fully saturated rings. The second-order valence-corrected chi connectivity index (χ2v) is 9.10. The number of aliphatic hydroxyl groups excluding tert-OH is 1. The average molecular weight is 479 g/mol. The van der Waals surface area contributed by atoms with Crippen molar-refractivity contribution in [3.63, 3.8) is 0 Å². The van der Waals surface area contributed by atoms with E-state index >= 15 is 0 Å². The third-order valence-electron chi connectivity index (χ3n) is 7.16. The van der Waals surface area contributed by atoms with Crippen molar-refractivity contribution in [1.29, 1.82) is 10.5 Å². The maximum Gasteiger partial charge on any atom is 0.205 e. The Morgan fingerprint density at radius 1 is 0.972 bits per heavy atom. The molecule has 0 radical (unpaired) electrons. The first kappa shape index (κ1) is 22.0. The van der Waals surface area contributed by atoms with E-state index in [9.17, 15) is 20.6 Å². The summed E-state index contributed by atoms with van der Waals surface area (Å²) in [5, 5.41) is 53.3. The number of nitrogens with zero attached hydrogens (tertiary/aromatic N) is 3. The van der Waals surface area contributed by atoms with Gasteiger partial charge in [0.05, 0.1) is 52.8 Å². The van der Waals surface area contributed by atoms with Crippen LogP contribution in [0.5, 0.6) is 17.5 Å². The number of benzene rings is 3. The Bertz CT molecular complexity index is 1590. The van der Waals surface area contributed by atoms with Crippen LogP contribution in [0.2, 0.25) is 0 Å². The number of aromatic hydroxyl groups is 2. The number of aromatic nitrogens is 1. The van der Waals surface area contributed by atoms with E-state index < -0.39 is 17.8 Å². The molecule has 1 saturated heterocycles. The van der Waals surface area contributed by atoms with Crippen molar-refractivity contribution < 1.29 is 24.8 Å². The van der Waals surface area contributed by atoms with Crippen molar-refractivity contribution in [3.05, 3.63) is 82.9 Å². The van der Waals surface area contributed by atoms with Crippen LogP contribution in [0.4, 0.5) is 0 Å². The van der Waals surface area contributed by atoms with Crippen molar-refractivity contribution >= 4 is 10.8 Å². The molecule has 0 spiro atoms. The molecule has 2 bridgehead atoms. The quantitative estimate of drug-likeness (QED) is 0.389. The number of hydrogen-bond donors (Lipinski definition) is 3. The Morgan fingerprint density at radius 2 is 1.72 bits per heavy atom. The molecule has 3 N–H and O–H groups in total. The third-order valence-corrected chi connectivity index (χ3v) is 7.16. The molecule has 0 aliphatic carbocycles. The standard InChI is InChI=1S/C28H21N3O5/c29-14-16-5-8-18(9-6-16)35-12-11-28-13-22(32)25(36-28)23-24(28)27(34)31(26(23)33)21-10-7-17(15-30)19-3-1-2-4-20(19)21/h1-10,22,25,32-34H,11-13H2/t22?,25-,28+/m1/s1. The third kappa shape index (κ3) is 3.06. The Morgan fingerprint density at radius 3 is 2.44 bits per heavy atom. The zero-order chi connectivity index (χ0) is 25.0. The Kier molecular flexibility index (Phi) is 4.90. The first-order valence-corrected chi connectivity index (χ1v) is 11.6. The summed E-state index contributed by atoms with van der Waals surface area (Å²) in [6, 6.07) is 21.6. The minimum absolute atomic E-state index is 0.162. The molecule has 6 rings (SSSR count). The summed E-state index contributed by atoms with van der Waals surface area (Å²) in [6.07, 6.45) is -1.02. The van der Waals surface area contributed by atoms with Gasteiger partial charge in [-0.05, 0) is 36.4 Å². The fourth-order valence-electron chi connectivity index (χ4n) is 5.56. The molecular formula is C28H21N3O5. The normalized spacial score (nSPS) is 21.8. The van der Waals surface area contributed by atoms with Crippen LogP contribution in [0.1, 0.15) is 41.2 Å². The fourth-order valence-corrected chi connectivity index (χ4v) is 5.56. The molecule has 178 valence electrons. The molecule has 4 aromatic rings. The van der Waals surface area contributed by atoms with Crippen LogP contribution in [0.3, 0.4) is 0 Å². The van der Waals surface area contributed by atoms with E-state index in [4.69, 9.17) is 14.7 Å². The molecule has 0 saturated carbocycles. The number of rotatable bonds is 5. The number of ether oxygens (including phenoxy) is 2. The van der Waals surface area contributed by atoms with E-state index in [1.807, 2.05) is 24.3 Å². The van der Waals surface area contributed by atoms with Crippen LogP contribution in [0.25, 0.3) is 16.5 Å². The van der Waals surface area contributed by atoms with E-state index in [1.165, 1.54) is 4.57 Å². The van der Waals surface area contributed by atoms with E-state index in [-0.39, 0.29) is 24.8 Å². The molecular weight excluding hydrogens is 458 g/mol. The van der Waals surface area contributed by atoms with Crippen LogP contribution in [-0.4, -0.2) is 32.6 Å². The highest BCUT2D eigenvalue weighted by molar-refractivity contribution is 5.95. The van der Waals surface area contributed by atoms with Gasteiger partial charge in [-0.2, -0.15) is 10.5 Å². The van der Waals surface area contributed by atoms with Crippen molar-refractivity contribution in [2.75, 3.05) is 6.61 Å². The minimum Gasteiger partial charge on any atom is -0.494 e. The first-order chi connectivity index (χ1) is 17.5. The van der Waals surface area contributed by atoms with Gasteiger partial charge < -0.3 is 24.8 Å². The lowest BCUT2D eigenvalue weighted by Gasteiger charge is -2.26. The number of aliphatic hydroxyl groups is 1. The fraction of sp³-hybridized carbons (Fsp3) is 0.214. The van der Waals surface area contributed by atoms with Crippen LogP contribution in [0.15, 0.2) is 60.7 Å². The van der Waals surface area contributed by atoms with E-state index in [1.54, 1.807) is 36.4 Å². The molecule has 36 heavy (non-hydrogen) atoms. The topological polar surface area (TPSA) is 132 Å². The summed E-state index contributed by atoms with van der Waals surface area (Å²) in [6.45, 7) is 0.232. The van der Waals surface area contributed by atoms with Gasteiger partial charge in [-0.25, -0.2) is 0 Å².